The van der Waals surface area contributed by atoms with Crippen molar-refractivity contribution < 1.29 is 9.53 Å². The van der Waals surface area contributed by atoms with Gasteiger partial charge in [0.1, 0.15) is 11.8 Å². The highest BCUT2D eigenvalue weighted by atomic mass is 16.5. The molecule has 6 rings (SSSR count). The van der Waals surface area contributed by atoms with Crippen LogP contribution in [0.3, 0.4) is 0 Å². The van der Waals surface area contributed by atoms with E-state index in [-0.39, 0.29) is 17.5 Å². The number of aromatic nitrogens is 1. The predicted molar refractivity (Wildman–Crippen MR) is 136 cm³/mol. The van der Waals surface area contributed by atoms with Crippen LogP contribution in [0.15, 0.2) is 66.7 Å². The van der Waals surface area contributed by atoms with E-state index in [2.05, 4.69) is 60.5 Å². The molecule has 1 aliphatic carbocycles. The molecule has 2 heterocycles. The lowest BCUT2D eigenvalue weighted by molar-refractivity contribution is 0.180. The summed E-state index contributed by atoms with van der Waals surface area (Å²) in [5, 5.41) is 4.46. The number of H-pyrrole nitrogens is 1. The maximum absolute atomic E-state index is 13.9. The molecular formula is C29H29N3O2. The summed E-state index contributed by atoms with van der Waals surface area (Å²) >= 11 is 0. The van der Waals surface area contributed by atoms with Crippen LogP contribution >= 0.6 is 0 Å². The first-order valence-corrected chi connectivity index (χ1v) is 11.9. The molecule has 2 amide bonds. The standard InChI is InChI=1S/C29H29N3O2/c1-18-14-19(2)16-20(15-18)30-28(33)32-17-29(12-13-29)25-21-8-4-6-10-23(21)31-26(25)27(32)22-9-5-7-11-24(22)34-3/h4-11,14-16,27,31H,12-13,17H2,1-3H3,(H,30,33). The number of amides is 2. The fourth-order valence-corrected chi connectivity index (χ4v) is 5.80. The van der Waals surface area contributed by atoms with E-state index in [1.54, 1.807) is 7.11 Å². The molecule has 2 N–H and O–H groups in total. The van der Waals surface area contributed by atoms with Gasteiger partial charge in [0, 0.05) is 39.8 Å². The summed E-state index contributed by atoms with van der Waals surface area (Å²) in [5.74, 6) is 0.785. The number of hydrogen-bond acceptors (Lipinski definition) is 2. The monoisotopic (exact) mass is 451 g/mol. The number of aromatic amines is 1. The largest absolute Gasteiger partial charge is 0.496 e. The number of nitrogens with zero attached hydrogens (tertiary/aromatic N) is 1. The number of carbonyl (C=O) groups is 1. The molecule has 1 saturated carbocycles. The number of rotatable bonds is 3. The maximum atomic E-state index is 13.9. The van der Waals surface area contributed by atoms with E-state index in [0.717, 1.165) is 52.2 Å². The summed E-state index contributed by atoms with van der Waals surface area (Å²) in [6.07, 6.45) is 2.18. The van der Waals surface area contributed by atoms with Crippen molar-refractivity contribution in [3.05, 3.63) is 94.7 Å². The number of hydrogen-bond donors (Lipinski definition) is 2. The Morgan fingerprint density at radius 1 is 1.03 bits per heavy atom. The van der Waals surface area contributed by atoms with E-state index in [1.165, 1.54) is 10.9 Å². The average molecular weight is 452 g/mol. The van der Waals surface area contributed by atoms with Gasteiger partial charge in [0.05, 0.1) is 7.11 Å². The smallest absolute Gasteiger partial charge is 0.322 e. The number of fused-ring (bicyclic) bond motifs is 4. The Kier molecular flexibility index (Phi) is 4.70. The first-order chi connectivity index (χ1) is 16.5. The Balaban J connectivity index is 1.51. The predicted octanol–water partition coefficient (Wildman–Crippen LogP) is 6.46. The number of benzene rings is 3. The molecule has 34 heavy (non-hydrogen) atoms. The minimum atomic E-state index is -0.268. The summed E-state index contributed by atoms with van der Waals surface area (Å²) in [5.41, 5.74) is 7.68. The van der Waals surface area contributed by atoms with E-state index < -0.39 is 0 Å². The molecule has 0 saturated heterocycles. The SMILES string of the molecule is COc1ccccc1C1c2[nH]c3ccccc3c2C2(CC2)CN1C(=O)Nc1cc(C)cc(C)c1. The third-order valence-corrected chi connectivity index (χ3v) is 7.34. The summed E-state index contributed by atoms with van der Waals surface area (Å²) in [6, 6.07) is 22.3. The van der Waals surface area contributed by atoms with Crippen molar-refractivity contribution in [2.45, 2.75) is 38.1 Å². The zero-order chi connectivity index (χ0) is 23.4. The zero-order valence-electron chi connectivity index (χ0n) is 19.8. The van der Waals surface area contributed by atoms with Crippen molar-refractivity contribution in [2.75, 3.05) is 19.0 Å². The number of nitrogens with one attached hydrogen (secondary N) is 2. The van der Waals surface area contributed by atoms with E-state index in [9.17, 15) is 4.79 Å². The lowest BCUT2D eigenvalue weighted by Crippen LogP contribution is -2.47. The number of anilines is 1. The molecule has 2 aliphatic rings. The van der Waals surface area contributed by atoms with Crippen LogP contribution in [0.1, 0.15) is 46.8 Å². The third kappa shape index (κ3) is 3.26. The molecule has 1 aromatic heterocycles. The third-order valence-electron chi connectivity index (χ3n) is 7.34. The Labute approximate surface area is 199 Å². The van der Waals surface area contributed by atoms with Gasteiger partial charge in [-0.2, -0.15) is 0 Å². The number of aryl methyl sites for hydroxylation is 2. The van der Waals surface area contributed by atoms with Crippen LogP contribution in [0, 0.1) is 13.8 Å². The van der Waals surface area contributed by atoms with Crippen molar-refractivity contribution in [3.63, 3.8) is 0 Å². The molecule has 3 aromatic carbocycles. The lowest BCUT2D eigenvalue weighted by Gasteiger charge is -2.40. The summed E-state index contributed by atoms with van der Waals surface area (Å²) < 4.78 is 5.76. The first-order valence-electron chi connectivity index (χ1n) is 11.9. The molecule has 0 radical (unpaired) electrons. The molecule has 1 fully saturated rings. The number of ether oxygens (including phenoxy) is 1. The second-order valence-electron chi connectivity index (χ2n) is 9.82. The van der Waals surface area contributed by atoms with Gasteiger partial charge in [-0.1, -0.05) is 42.5 Å². The minimum Gasteiger partial charge on any atom is -0.496 e. The molecule has 1 spiro atoms. The molecule has 1 atom stereocenters. The van der Waals surface area contributed by atoms with Crippen molar-refractivity contribution in [3.8, 4) is 5.75 Å². The maximum Gasteiger partial charge on any atom is 0.322 e. The fraction of sp³-hybridized carbons (Fsp3) is 0.276. The van der Waals surface area contributed by atoms with Crippen LogP contribution in [0.4, 0.5) is 10.5 Å². The molecule has 4 aromatic rings. The number of urea groups is 1. The van der Waals surface area contributed by atoms with Gasteiger partial charge in [0.25, 0.3) is 0 Å². The zero-order valence-corrected chi connectivity index (χ0v) is 19.8. The van der Waals surface area contributed by atoms with Gasteiger partial charge in [-0.25, -0.2) is 4.79 Å². The highest BCUT2D eigenvalue weighted by Crippen LogP contribution is 2.58. The molecular weight excluding hydrogens is 422 g/mol. The molecule has 0 bridgehead atoms. The minimum absolute atomic E-state index is 0.00726. The summed E-state index contributed by atoms with van der Waals surface area (Å²) in [7, 11) is 1.69. The molecule has 172 valence electrons. The van der Waals surface area contributed by atoms with Gasteiger partial charge in [-0.3, -0.25) is 0 Å². The quantitative estimate of drug-likeness (QED) is 0.375. The van der Waals surface area contributed by atoms with Crippen molar-refractivity contribution >= 4 is 22.6 Å². The Morgan fingerprint density at radius 2 is 1.74 bits per heavy atom. The second kappa shape index (κ2) is 7.66. The van der Waals surface area contributed by atoms with E-state index in [0.29, 0.717) is 6.54 Å². The average Bonchev–Trinajstić information content (AvgIpc) is 3.47. The molecule has 1 aliphatic heterocycles. The summed E-state index contributed by atoms with van der Waals surface area (Å²) in [4.78, 5) is 19.6. The Morgan fingerprint density at radius 3 is 2.47 bits per heavy atom. The molecule has 5 nitrogen and oxygen atoms in total. The Bertz CT molecular complexity index is 1400. The van der Waals surface area contributed by atoms with E-state index >= 15 is 0 Å². The van der Waals surface area contributed by atoms with Crippen molar-refractivity contribution in [2.24, 2.45) is 0 Å². The highest BCUT2D eigenvalue weighted by molar-refractivity contribution is 5.93. The first kappa shape index (κ1) is 20.8. The van der Waals surface area contributed by atoms with Crippen LogP contribution in [0.5, 0.6) is 5.75 Å². The van der Waals surface area contributed by atoms with Gasteiger partial charge < -0.3 is 19.9 Å². The van der Waals surface area contributed by atoms with E-state index in [1.807, 2.05) is 35.2 Å². The normalized spacial score (nSPS) is 18.1. The second-order valence-corrected chi connectivity index (χ2v) is 9.82. The van der Waals surface area contributed by atoms with Crippen LogP contribution in [-0.4, -0.2) is 29.6 Å². The van der Waals surface area contributed by atoms with Crippen LogP contribution in [0.25, 0.3) is 10.9 Å². The van der Waals surface area contributed by atoms with Crippen LogP contribution in [-0.2, 0) is 5.41 Å². The highest BCUT2D eigenvalue weighted by Gasteiger charge is 2.55. The Hall–Kier alpha value is -3.73. The van der Waals surface area contributed by atoms with Gasteiger partial charge in [0.15, 0.2) is 0 Å². The topological polar surface area (TPSA) is 57.4 Å². The van der Waals surface area contributed by atoms with Crippen LogP contribution in [0.2, 0.25) is 0 Å². The number of carbonyl (C=O) groups excluding carboxylic acids is 1. The van der Waals surface area contributed by atoms with Crippen molar-refractivity contribution in [1.82, 2.24) is 9.88 Å². The van der Waals surface area contributed by atoms with Gasteiger partial charge >= 0.3 is 6.03 Å². The molecule has 1 unspecified atom stereocenters. The number of methoxy groups -OCH3 is 1. The fourth-order valence-electron chi connectivity index (χ4n) is 5.80. The molecule has 5 heteroatoms. The summed E-state index contributed by atoms with van der Waals surface area (Å²) in [6.45, 7) is 4.79. The lowest BCUT2D eigenvalue weighted by atomic mass is 9.83. The van der Waals surface area contributed by atoms with Crippen LogP contribution < -0.4 is 10.1 Å². The van der Waals surface area contributed by atoms with Gasteiger partial charge in [-0.15, -0.1) is 0 Å². The van der Waals surface area contributed by atoms with Gasteiger partial charge in [0.2, 0.25) is 0 Å². The van der Waals surface area contributed by atoms with E-state index in [4.69, 9.17) is 4.74 Å². The van der Waals surface area contributed by atoms with Crippen molar-refractivity contribution in [1.29, 1.82) is 0 Å². The van der Waals surface area contributed by atoms with Gasteiger partial charge in [-0.05, 0) is 67.6 Å². The number of para-hydroxylation sites is 2.